The van der Waals surface area contributed by atoms with Crippen LogP contribution in [0.3, 0.4) is 0 Å². The van der Waals surface area contributed by atoms with Crippen LogP contribution in [-0.2, 0) is 11.0 Å². The van der Waals surface area contributed by atoms with Crippen molar-refractivity contribution in [3.05, 3.63) is 107 Å². The number of hydrogen-bond donors (Lipinski definition) is 2. The third-order valence-electron chi connectivity index (χ3n) is 5.51. The van der Waals surface area contributed by atoms with Gasteiger partial charge in [0, 0.05) is 13.0 Å². The molecule has 0 spiro atoms. The predicted octanol–water partition coefficient (Wildman–Crippen LogP) is 5.61. The maximum Gasteiger partial charge on any atom is 0.416 e. The Hall–Kier alpha value is -3.12. The van der Waals surface area contributed by atoms with E-state index in [1.54, 1.807) is 19.2 Å². The van der Waals surface area contributed by atoms with Gasteiger partial charge in [-0.05, 0) is 48.7 Å². The minimum absolute atomic E-state index is 0.106. The second-order valence-electron chi connectivity index (χ2n) is 7.79. The number of hydrogen-bond acceptors (Lipinski definition) is 2. The summed E-state index contributed by atoms with van der Waals surface area (Å²) in [7, 11) is 1.59. The van der Waals surface area contributed by atoms with Gasteiger partial charge in [-0.25, -0.2) is 0 Å². The molecule has 0 radical (unpaired) electrons. The third-order valence-corrected chi connectivity index (χ3v) is 5.51. The van der Waals surface area contributed by atoms with E-state index < -0.39 is 17.8 Å². The first-order valence-electron chi connectivity index (χ1n) is 10.5. The average Bonchev–Trinajstić information content (AvgIpc) is 2.79. The first-order valence-corrected chi connectivity index (χ1v) is 10.5. The number of halogens is 3. The van der Waals surface area contributed by atoms with Gasteiger partial charge in [-0.1, -0.05) is 72.3 Å². The Kier molecular flexibility index (Phi) is 7.70. The first kappa shape index (κ1) is 23.5. The SMILES string of the molecule is CNC(=O)[C@H](NCC[C@H](c1ccc(C(F)(F)F)cc1)c1cccc(C)c1)c1ccccc1. The minimum atomic E-state index is -4.37. The number of rotatable bonds is 8. The van der Waals surface area contributed by atoms with E-state index in [1.165, 1.54) is 0 Å². The van der Waals surface area contributed by atoms with E-state index in [-0.39, 0.29) is 11.8 Å². The standard InChI is InChI=1S/C26H27F3N2O/c1-18-7-6-10-21(17-18)23(19-11-13-22(14-12-19)26(27,28)29)15-16-31-24(25(32)30-2)20-8-4-3-5-9-20/h3-14,17,23-24,31H,15-16H2,1-2H3,(H,30,32)/t23-,24-/m1/s1. The van der Waals surface area contributed by atoms with Gasteiger partial charge in [-0.3, -0.25) is 4.79 Å². The summed E-state index contributed by atoms with van der Waals surface area (Å²) in [5.74, 6) is -0.247. The molecule has 0 unspecified atom stereocenters. The van der Waals surface area contributed by atoms with Gasteiger partial charge < -0.3 is 10.6 Å². The lowest BCUT2D eigenvalue weighted by Gasteiger charge is -2.22. The summed E-state index contributed by atoms with van der Waals surface area (Å²) in [5.41, 5.74) is 3.11. The van der Waals surface area contributed by atoms with Crippen LogP contribution in [0.4, 0.5) is 13.2 Å². The van der Waals surface area contributed by atoms with Crippen molar-refractivity contribution >= 4 is 5.91 Å². The molecule has 168 valence electrons. The van der Waals surface area contributed by atoms with Crippen LogP contribution >= 0.6 is 0 Å². The molecule has 0 aliphatic rings. The molecule has 3 aromatic rings. The number of carbonyl (C=O) groups is 1. The van der Waals surface area contributed by atoms with Gasteiger partial charge in [-0.15, -0.1) is 0 Å². The van der Waals surface area contributed by atoms with Gasteiger partial charge in [-0.2, -0.15) is 13.2 Å². The zero-order valence-corrected chi connectivity index (χ0v) is 18.1. The zero-order chi connectivity index (χ0) is 23.1. The van der Waals surface area contributed by atoms with E-state index in [1.807, 2.05) is 55.5 Å². The molecule has 2 N–H and O–H groups in total. The van der Waals surface area contributed by atoms with Crippen molar-refractivity contribution in [1.82, 2.24) is 10.6 Å². The molecule has 1 amide bonds. The van der Waals surface area contributed by atoms with Crippen molar-refractivity contribution in [1.29, 1.82) is 0 Å². The van der Waals surface area contributed by atoms with Gasteiger partial charge in [0.2, 0.25) is 5.91 Å². The summed E-state index contributed by atoms with van der Waals surface area (Å²) in [6.07, 6.45) is -3.75. The second kappa shape index (κ2) is 10.5. The third kappa shape index (κ3) is 5.98. The van der Waals surface area contributed by atoms with E-state index in [2.05, 4.69) is 16.7 Å². The Balaban J connectivity index is 1.82. The van der Waals surface area contributed by atoms with Crippen molar-refractivity contribution in [3.63, 3.8) is 0 Å². The highest BCUT2D eigenvalue weighted by Crippen LogP contribution is 2.33. The van der Waals surface area contributed by atoms with Crippen LogP contribution < -0.4 is 10.6 Å². The lowest BCUT2D eigenvalue weighted by atomic mass is 9.87. The molecular formula is C26H27F3N2O. The molecule has 0 heterocycles. The predicted molar refractivity (Wildman–Crippen MR) is 120 cm³/mol. The summed E-state index contributed by atoms with van der Waals surface area (Å²) >= 11 is 0. The Labute approximate surface area is 186 Å². The van der Waals surface area contributed by atoms with E-state index in [0.29, 0.717) is 13.0 Å². The van der Waals surface area contributed by atoms with Crippen LogP contribution in [-0.4, -0.2) is 19.5 Å². The van der Waals surface area contributed by atoms with Crippen LogP contribution in [0.2, 0.25) is 0 Å². The molecule has 0 saturated heterocycles. The van der Waals surface area contributed by atoms with E-state index in [0.717, 1.165) is 34.4 Å². The lowest BCUT2D eigenvalue weighted by molar-refractivity contribution is -0.137. The number of carbonyl (C=O) groups excluding carboxylic acids is 1. The molecule has 32 heavy (non-hydrogen) atoms. The van der Waals surface area contributed by atoms with E-state index in [9.17, 15) is 18.0 Å². The molecule has 2 atom stereocenters. The Morgan fingerprint density at radius 3 is 2.12 bits per heavy atom. The van der Waals surface area contributed by atoms with E-state index >= 15 is 0 Å². The molecular weight excluding hydrogens is 413 g/mol. The summed E-state index contributed by atoms with van der Waals surface area (Å²) in [6, 6.07) is 22.2. The van der Waals surface area contributed by atoms with Gasteiger partial charge in [0.25, 0.3) is 0 Å². The van der Waals surface area contributed by atoms with Gasteiger partial charge >= 0.3 is 6.18 Å². The minimum Gasteiger partial charge on any atom is -0.358 e. The molecule has 0 aromatic heterocycles. The molecule has 0 fully saturated rings. The van der Waals surface area contributed by atoms with E-state index in [4.69, 9.17) is 0 Å². The number of amides is 1. The number of benzene rings is 3. The maximum atomic E-state index is 13.0. The van der Waals surface area contributed by atoms with Gasteiger partial charge in [0.05, 0.1) is 5.56 Å². The summed E-state index contributed by atoms with van der Waals surface area (Å²) in [4.78, 5) is 12.4. The highest BCUT2D eigenvalue weighted by atomic mass is 19.4. The van der Waals surface area contributed by atoms with Gasteiger partial charge in [0.15, 0.2) is 0 Å². The monoisotopic (exact) mass is 440 g/mol. The van der Waals surface area contributed by atoms with Crippen molar-refractivity contribution in [3.8, 4) is 0 Å². The molecule has 0 aliphatic heterocycles. The summed E-state index contributed by atoms with van der Waals surface area (Å²) in [6.45, 7) is 2.50. The van der Waals surface area contributed by atoms with Crippen LogP contribution in [0.25, 0.3) is 0 Å². The topological polar surface area (TPSA) is 41.1 Å². The highest BCUT2D eigenvalue weighted by Gasteiger charge is 2.30. The van der Waals surface area contributed by atoms with Gasteiger partial charge in [0.1, 0.15) is 6.04 Å². The molecule has 3 aromatic carbocycles. The van der Waals surface area contributed by atoms with Crippen molar-refractivity contribution in [2.24, 2.45) is 0 Å². The van der Waals surface area contributed by atoms with Crippen LogP contribution in [0.15, 0.2) is 78.9 Å². The number of likely N-dealkylation sites (N-methyl/N-ethyl adjacent to an activating group) is 1. The lowest BCUT2D eigenvalue weighted by Crippen LogP contribution is -2.36. The van der Waals surface area contributed by atoms with Crippen LogP contribution in [0.1, 0.15) is 46.2 Å². The normalized spacial score (nSPS) is 13.4. The second-order valence-corrected chi connectivity index (χ2v) is 7.79. The fraction of sp³-hybridized carbons (Fsp3) is 0.269. The van der Waals surface area contributed by atoms with Crippen LogP contribution in [0, 0.1) is 6.92 Å². The molecule has 3 nitrogen and oxygen atoms in total. The fourth-order valence-corrected chi connectivity index (χ4v) is 3.84. The Morgan fingerprint density at radius 1 is 0.875 bits per heavy atom. The van der Waals surface area contributed by atoms with Crippen molar-refractivity contribution in [2.45, 2.75) is 31.5 Å². The molecule has 3 rings (SSSR count). The number of aryl methyl sites for hydroxylation is 1. The zero-order valence-electron chi connectivity index (χ0n) is 18.1. The molecule has 6 heteroatoms. The first-order chi connectivity index (χ1) is 15.3. The number of alkyl halides is 3. The van der Waals surface area contributed by atoms with Crippen LogP contribution in [0.5, 0.6) is 0 Å². The molecule has 0 bridgehead atoms. The largest absolute Gasteiger partial charge is 0.416 e. The number of nitrogens with one attached hydrogen (secondary N) is 2. The highest BCUT2D eigenvalue weighted by molar-refractivity contribution is 5.82. The molecule has 0 aliphatic carbocycles. The van der Waals surface area contributed by atoms with Crippen molar-refractivity contribution < 1.29 is 18.0 Å². The smallest absolute Gasteiger partial charge is 0.358 e. The van der Waals surface area contributed by atoms with Crippen molar-refractivity contribution in [2.75, 3.05) is 13.6 Å². The molecule has 0 saturated carbocycles. The fourth-order valence-electron chi connectivity index (χ4n) is 3.84. The summed E-state index contributed by atoms with van der Waals surface area (Å²) in [5, 5.41) is 6.00. The summed E-state index contributed by atoms with van der Waals surface area (Å²) < 4.78 is 39.0. The maximum absolute atomic E-state index is 13.0. The Morgan fingerprint density at radius 2 is 1.53 bits per heavy atom. The Bertz CT molecular complexity index is 1020. The average molecular weight is 441 g/mol. The quantitative estimate of drug-likeness (QED) is 0.478.